The number of benzene rings is 1. The van der Waals surface area contributed by atoms with Gasteiger partial charge in [0.2, 0.25) is 5.91 Å². The molecule has 1 aromatic carbocycles. The largest absolute Gasteiger partial charge is 0.463 e. The molecule has 1 amide bonds. The number of oxazole rings is 1. The van der Waals surface area contributed by atoms with Gasteiger partial charge in [0.1, 0.15) is 18.8 Å². The van der Waals surface area contributed by atoms with Gasteiger partial charge in [0.25, 0.3) is 0 Å². The van der Waals surface area contributed by atoms with Gasteiger partial charge in [-0.2, -0.15) is 0 Å². The Bertz CT molecular complexity index is 1120. The number of rotatable bonds is 6. The summed E-state index contributed by atoms with van der Waals surface area (Å²) in [6.45, 7) is 4.31. The average molecular weight is 464 g/mol. The number of hydrogen-bond donors (Lipinski definition) is 1. The first-order chi connectivity index (χ1) is 15.6. The summed E-state index contributed by atoms with van der Waals surface area (Å²) in [4.78, 5) is 60.0. The van der Waals surface area contributed by atoms with E-state index in [4.69, 9.17) is 23.4 Å². The molecule has 178 valence electrons. The molecular formula is C21H24N2O10. The van der Waals surface area contributed by atoms with Gasteiger partial charge in [-0.05, 0) is 12.1 Å². The summed E-state index contributed by atoms with van der Waals surface area (Å²) in [5.41, 5.74) is 0.608. The topological polar surface area (TPSA) is 152 Å². The minimum Gasteiger partial charge on any atom is -0.463 e. The van der Waals surface area contributed by atoms with Crippen LogP contribution >= 0.6 is 0 Å². The maximum atomic E-state index is 12.8. The summed E-state index contributed by atoms with van der Waals surface area (Å²) < 4.78 is 28.3. The van der Waals surface area contributed by atoms with E-state index in [1.165, 1.54) is 13.8 Å². The zero-order chi connectivity index (χ0) is 24.3. The lowest BCUT2D eigenvalue weighted by Crippen LogP contribution is -2.64. The van der Waals surface area contributed by atoms with Crippen molar-refractivity contribution in [2.75, 3.05) is 6.61 Å². The molecule has 0 saturated carbocycles. The van der Waals surface area contributed by atoms with Crippen molar-refractivity contribution in [3.63, 3.8) is 0 Å². The van der Waals surface area contributed by atoms with Gasteiger partial charge in [-0.25, -0.2) is 9.36 Å². The number of nitrogens with one attached hydrogen (secondary N) is 1. The van der Waals surface area contributed by atoms with Crippen LogP contribution in [0, 0.1) is 0 Å². The third-order valence-corrected chi connectivity index (χ3v) is 4.86. The summed E-state index contributed by atoms with van der Waals surface area (Å²) in [6, 6.07) is 5.36. The normalized spacial score (nSPS) is 24.7. The fraction of sp³-hybridized carbons (Fsp3) is 0.476. The third-order valence-electron chi connectivity index (χ3n) is 4.86. The van der Waals surface area contributed by atoms with E-state index in [-0.39, 0.29) is 12.2 Å². The van der Waals surface area contributed by atoms with Crippen molar-refractivity contribution in [3.05, 3.63) is 34.8 Å². The Kier molecular flexibility index (Phi) is 7.16. The van der Waals surface area contributed by atoms with Crippen LogP contribution < -0.4 is 11.1 Å². The Morgan fingerprint density at radius 3 is 2.21 bits per heavy atom. The van der Waals surface area contributed by atoms with Gasteiger partial charge in [-0.1, -0.05) is 12.1 Å². The smallest absolute Gasteiger partial charge is 0.422 e. The first-order valence-electron chi connectivity index (χ1n) is 10.1. The molecule has 2 aromatic rings. The molecule has 33 heavy (non-hydrogen) atoms. The molecule has 1 fully saturated rings. The molecule has 0 spiro atoms. The monoisotopic (exact) mass is 464 g/mol. The van der Waals surface area contributed by atoms with Crippen molar-refractivity contribution in [3.8, 4) is 0 Å². The predicted molar refractivity (Wildman–Crippen MR) is 110 cm³/mol. The summed E-state index contributed by atoms with van der Waals surface area (Å²) in [7, 11) is 0. The fourth-order valence-electron chi connectivity index (χ4n) is 3.75. The summed E-state index contributed by atoms with van der Waals surface area (Å²) in [5, 5.41) is 2.61. The molecule has 1 aromatic heterocycles. The molecule has 1 aliphatic rings. The molecule has 1 saturated heterocycles. The quantitative estimate of drug-likeness (QED) is 0.470. The average Bonchev–Trinajstić information content (AvgIpc) is 3.04. The SMILES string of the molecule is CC(=O)NC1C(OC(C)=O)C(OC(C)=O)C(COC(C)=O)OC1n1c(=O)oc2ccccc21. The summed E-state index contributed by atoms with van der Waals surface area (Å²) in [5.74, 6) is -3.40. The van der Waals surface area contributed by atoms with Crippen LogP contribution in [0.5, 0.6) is 0 Å². The zero-order valence-electron chi connectivity index (χ0n) is 18.4. The maximum absolute atomic E-state index is 12.8. The first-order valence-corrected chi connectivity index (χ1v) is 10.1. The lowest BCUT2D eigenvalue weighted by atomic mass is 9.94. The minimum absolute atomic E-state index is 0.260. The predicted octanol–water partition coefficient (Wildman–Crippen LogP) is 0.423. The van der Waals surface area contributed by atoms with E-state index < -0.39 is 60.2 Å². The Hall–Kier alpha value is -3.67. The molecule has 2 heterocycles. The van der Waals surface area contributed by atoms with Crippen molar-refractivity contribution in [2.24, 2.45) is 0 Å². The maximum Gasteiger partial charge on any atom is 0.422 e. The van der Waals surface area contributed by atoms with Crippen LogP contribution in [0.3, 0.4) is 0 Å². The van der Waals surface area contributed by atoms with Gasteiger partial charge in [-0.15, -0.1) is 0 Å². The summed E-state index contributed by atoms with van der Waals surface area (Å²) >= 11 is 0. The standard InChI is InChI=1S/C21H24N2O10/c1-10(24)22-17-19(31-13(4)27)18(30-12(3)26)16(9-29-11(2)25)32-20(17)23-14-7-5-6-8-15(14)33-21(23)28/h5-8,16-20H,9H2,1-4H3,(H,22,24). The molecule has 1 aliphatic heterocycles. The zero-order valence-corrected chi connectivity index (χ0v) is 18.4. The van der Waals surface area contributed by atoms with E-state index in [2.05, 4.69) is 5.32 Å². The highest BCUT2D eigenvalue weighted by Gasteiger charge is 2.52. The van der Waals surface area contributed by atoms with Crippen LogP contribution in [-0.4, -0.2) is 59.3 Å². The van der Waals surface area contributed by atoms with Crippen LogP contribution in [0.2, 0.25) is 0 Å². The van der Waals surface area contributed by atoms with Crippen LogP contribution in [0.4, 0.5) is 0 Å². The lowest BCUT2D eigenvalue weighted by molar-refractivity contribution is -0.237. The number of carbonyl (C=O) groups excluding carboxylic acids is 4. The molecule has 0 aliphatic carbocycles. The van der Waals surface area contributed by atoms with E-state index >= 15 is 0 Å². The van der Waals surface area contributed by atoms with Crippen LogP contribution in [0.25, 0.3) is 11.1 Å². The number of ether oxygens (including phenoxy) is 4. The van der Waals surface area contributed by atoms with Crippen molar-refractivity contribution >= 4 is 34.9 Å². The molecule has 0 radical (unpaired) electrons. The Morgan fingerprint density at radius 2 is 1.61 bits per heavy atom. The van der Waals surface area contributed by atoms with Gasteiger partial charge >= 0.3 is 23.7 Å². The van der Waals surface area contributed by atoms with Gasteiger partial charge in [0, 0.05) is 27.7 Å². The van der Waals surface area contributed by atoms with E-state index in [0.29, 0.717) is 5.52 Å². The van der Waals surface area contributed by atoms with Crippen molar-refractivity contribution in [1.29, 1.82) is 0 Å². The first kappa shape index (κ1) is 24.0. The number of aromatic nitrogens is 1. The Labute approximate surface area is 187 Å². The highest BCUT2D eigenvalue weighted by molar-refractivity contribution is 5.75. The molecule has 0 bridgehead atoms. The fourth-order valence-corrected chi connectivity index (χ4v) is 3.75. The highest BCUT2D eigenvalue weighted by Crippen LogP contribution is 2.34. The van der Waals surface area contributed by atoms with E-state index in [0.717, 1.165) is 18.4 Å². The Balaban J connectivity index is 2.16. The third kappa shape index (κ3) is 5.40. The number of nitrogens with zero attached hydrogens (tertiary/aromatic N) is 1. The summed E-state index contributed by atoms with van der Waals surface area (Å²) in [6.07, 6.45) is -4.94. The molecular weight excluding hydrogens is 440 g/mol. The Morgan fingerprint density at radius 1 is 0.970 bits per heavy atom. The van der Waals surface area contributed by atoms with Gasteiger partial charge in [0.05, 0.1) is 5.52 Å². The molecule has 12 nitrogen and oxygen atoms in total. The van der Waals surface area contributed by atoms with Crippen molar-refractivity contribution in [2.45, 2.75) is 58.3 Å². The second-order valence-electron chi connectivity index (χ2n) is 7.45. The highest BCUT2D eigenvalue weighted by atomic mass is 16.6. The second kappa shape index (κ2) is 9.86. The number of hydrogen-bond acceptors (Lipinski definition) is 10. The number of amides is 1. The number of fused-ring (bicyclic) bond motifs is 1. The second-order valence-corrected chi connectivity index (χ2v) is 7.45. The van der Waals surface area contributed by atoms with Crippen LogP contribution in [0.15, 0.2) is 33.5 Å². The lowest BCUT2D eigenvalue weighted by Gasteiger charge is -2.45. The van der Waals surface area contributed by atoms with E-state index in [1.54, 1.807) is 24.3 Å². The molecule has 1 N–H and O–H groups in total. The number of esters is 3. The van der Waals surface area contributed by atoms with Crippen molar-refractivity contribution in [1.82, 2.24) is 9.88 Å². The van der Waals surface area contributed by atoms with Crippen LogP contribution in [0.1, 0.15) is 33.9 Å². The molecule has 5 atom stereocenters. The molecule has 3 rings (SSSR count). The van der Waals surface area contributed by atoms with Crippen LogP contribution in [-0.2, 0) is 38.1 Å². The van der Waals surface area contributed by atoms with Gasteiger partial charge < -0.3 is 28.7 Å². The van der Waals surface area contributed by atoms with Gasteiger partial charge in [0.15, 0.2) is 24.0 Å². The van der Waals surface area contributed by atoms with E-state index in [9.17, 15) is 24.0 Å². The van der Waals surface area contributed by atoms with Crippen molar-refractivity contribution < 1.29 is 42.5 Å². The minimum atomic E-state index is -1.28. The van der Waals surface area contributed by atoms with Gasteiger partial charge in [-0.3, -0.25) is 19.2 Å². The number of carbonyl (C=O) groups is 4. The molecule has 5 unspecified atom stereocenters. The molecule has 12 heteroatoms. The number of para-hydroxylation sites is 2. The van der Waals surface area contributed by atoms with E-state index in [1.807, 2.05) is 0 Å².